The molecule has 0 fully saturated rings. The van der Waals surface area contributed by atoms with Crippen molar-refractivity contribution < 1.29 is 21.9 Å². The molecule has 3 heteroatoms. The van der Waals surface area contributed by atoms with E-state index in [2.05, 4.69) is 37.9 Å². The fourth-order valence-corrected chi connectivity index (χ4v) is 2.11. The largest absolute Gasteiger partial charge is 0.507 e. The van der Waals surface area contributed by atoms with Gasteiger partial charge in [-0.25, -0.2) is 0 Å². The molecule has 0 saturated heterocycles. The molecule has 0 aliphatic carbocycles. The van der Waals surface area contributed by atoms with Crippen molar-refractivity contribution in [3.8, 4) is 5.75 Å². The van der Waals surface area contributed by atoms with Crippen molar-refractivity contribution in [3.05, 3.63) is 58.7 Å². The van der Waals surface area contributed by atoms with Gasteiger partial charge in [0.1, 0.15) is 5.75 Å². The number of aryl methyl sites for hydroxylation is 3. The minimum absolute atomic E-state index is 0. The molecule has 2 aromatic rings. The Morgan fingerprint density at radius 1 is 1.00 bits per heavy atom. The molecule has 2 nitrogen and oxygen atoms in total. The van der Waals surface area contributed by atoms with Crippen LogP contribution < -0.4 is 0 Å². The van der Waals surface area contributed by atoms with Crippen LogP contribution in [0.2, 0.25) is 0 Å². The Morgan fingerprint density at radius 2 is 1.58 bits per heavy atom. The first-order valence-electron chi connectivity index (χ1n) is 5.98. The van der Waals surface area contributed by atoms with E-state index in [9.17, 15) is 5.11 Å². The first-order chi connectivity index (χ1) is 8.58. The summed E-state index contributed by atoms with van der Waals surface area (Å²) in [5.41, 5.74) is 5.26. The molecule has 2 aromatic carbocycles. The number of hydrogen-bond acceptors (Lipinski definition) is 2. The van der Waals surface area contributed by atoms with E-state index >= 15 is 0 Å². The Balaban J connectivity index is 0.00000180. The number of rotatable bonds is 2. The van der Waals surface area contributed by atoms with E-state index in [1.54, 1.807) is 18.3 Å². The van der Waals surface area contributed by atoms with Crippen LogP contribution in [-0.2, 0) is 16.8 Å². The van der Waals surface area contributed by atoms with Crippen LogP contribution in [0.1, 0.15) is 22.3 Å². The van der Waals surface area contributed by atoms with Crippen LogP contribution in [0, 0.1) is 20.8 Å². The molecule has 0 saturated carbocycles. The second kappa shape index (κ2) is 6.54. The van der Waals surface area contributed by atoms with Crippen molar-refractivity contribution in [3.63, 3.8) is 0 Å². The molecule has 0 amide bonds. The van der Waals surface area contributed by atoms with Gasteiger partial charge in [-0.2, -0.15) is 0 Å². The van der Waals surface area contributed by atoms with Crippen molar-refractivity contribution in [2.24, 2.45) is 4.99 Å². The van der Waals surface area contributed by atoms with Crippen LogP contribution in [0.5, 0.6) is 5.75 Å². The van der Waals surface area contributed by atoms with Gasteiger partial charge in [-0.05, 0) is 44.0 Å². The van der Waals surface area contributed by atoms with E-state index in [4.69, 9.17) is 0 Å². The van der Waals surface area contributed by atoms with Crippen molar-refractivity contribution in [2.75, 3.05) is 0 Å². The van der Waals surface area contributed by atoms with Crippen molar-refractivity contribution in [1.29, 1.82) is 0 Å². The Kier molecular flexibility index (Phi) is 5.33. The van der Waals surface area contributed by atoms with E-state index < -0.39 is 0 Å². The Labute approximate surface area is 124 Å². The standard InChI is InChI=1S/C16H17NO.Co/c1-11-8-12(2)16(13(3)9-11)17-10-14-6-4-5-7-15(14)18;/h4-10,18H,1-3H3;. The number of phenols is 1. The monoisotopic (exact) mass is 298 g/mol. The quantitative estimate of drug-likeness (QED) is 0.833. The maximum absolute atomic E-state index is 9.68. The summed E-state index contributed by atoms with van der Waals surface area (Å²) < 4.78 is 0. The molecular weight excluding hydrogens is 281 g/mol. The maximum atomic E-state index is 9.68. The summed E-state index contributed by atoms with van der Waals surface area (Å²) in [5, 5.41) is 9.68. The second-order valence-corrected chi connectivity index (χ2v) is 4.56. The number of aliphatic imine (C=N–C) groups is 1. The van der Waals surface area contributed by atoms with Gasteiger partial charge in [0.25, 0.3) is 0 Å². The third-order valence-corrected chi connectivity index (χ3v) is 2.90. The van der Waals surface area contributed by atoms with E-state index in [0.717, 1.165) is 22.4 Å². The molecule has 0 heterocycles. The number of para-hydroxylation sites is 1. The molecule has 2 rings (SSSR count). The number of benzene rings is 2. The van der Waals surface area contributed by atoms with Crippen LogP contribution >= 0.6 is 0 Å². The van der Waals surface area contributed by atoms with Crippen molar-refractivity contribution in [2.45, 2.75) is 20.8 Å². The van der Waals surface area contributed by atoms with E-state index in [1.165, 1.54) is 5.56 Å². The van der Waals surface area contributed by atoms with E-state index in [0.29, 0.717) is 0 Å². The number of hydrogen-bond donors (Lipinski definition) is 1. The Bertz CT molecular complexity index is 582. The SMILES string of the molecule is Cc1cc(C)c(N=Cc2ccccc2O)c(C)c1.[Co]. The van der Waals surface area contributed by atoms with Crippen LogP contribution in [0.15, 0.2) is 41.4 Å². The number of phenolic OH excluding ortho intramolecular Hbond substituents is 1. The van der Waals surface area contributed by atoms with Gasteiger partial charge in [-0.3, -0.25) is 4.99 Å². The molecule has 0 atom stereocenters. The average molecular weight is 298 g/mol. The van der Waals surface area contributed by atoms with Crippen LogP contribution in [0.3, 0.4) is 0 Å². The molecule has 19 heavy (non-hydrogen) atoms. The maximum Gasteiger partial charge on any atom is 0.124 e. The fourth-order valence-electron chi connectivity index (χ4n) is 2.11. The van der Waals surface area contributed by atoms with Gasteiger partial charge in [0.05, 0.1) is 5.69 Å². The van der Waals surface area contributed by atoms with Gasteiger partial charge in [0.2, 0.25) is 0 Å². The fraction of sp³-hybridized carbons (Fsp3) is 0.188. The molecule has 1 radical (unpaired) electrons. The predicted octanol–water partition coefficient (Wildman–Crippen LogP) is 4.07. The minimum Gasteiger partial charge on any atom is -0.507 e. The molecule has 0 aliphatic heterocycles. The Morgan fingerprint density at radius 3 is 2.16 bits per heavy atom. The van der Waals surface area contributed by atoms with Gasteiger partial charge in [0.15, 0.2) is 0 Å². The smallest absolute Gasteiger partial charge is 0.124 e. The zero-order valence-corrected chi connectivity index (χ0v) is 12.3. The summed E-state index contributed by atoms with van der Waals surface area (Å²) in [6.45, 7) is 6.19. The van der Waals surface area contributed by atoms with Gasteiger partial charge in [-0.1, -0.05) is 29.8 Å². The van der Waals surface area contributed by atoms with E-state index in [1.807, 2.05) is 12.1 Å². The summed E-state index contributed by atoms with van der Waals surface area (Å²) in [4.78, 5) is 4.49. The summed E-state index contributed by atoms with van der Waals surface area (Å²) in [6.07, 6.45) is 1.71. The summed E-state index contributed by atoms with van der Waals surface area (Å²) in [7, 11) is 0. The van der Waals surface area contributed by atoms with Crippen LogP contribution in [-0.4, -0.2) is 11.3 Å². The van der Waals surface area contributed by atoms with Gasteiger partial charge in [0, 0.05) is 28.6 Å². The predicted molar refractivity (Wildman–Crippen MR) is 76.0 cm³/mol. The number of nitrogens with zero attached hydrogens (tertiary/aromatic N) is 1. The van der Waals surface area contributed by atoms with Crippen molar-refractivity contribution >= 4 is 11.9 Å². The zero-order chi connectivity index (χ0) is 13.1. The van der Waals surface area contributed by atoms with Crippen LogP contribution in [0.4, 0.5) is 5.69 Å². The van der Waals surface area contributed by atoms with Gasteiger partial charge >= 0.3 is 0 Å². The molecule has 1 N–H and O–H groups in total. The zero-order valence-electron chi connectivity index (χ0n) is 11.3. The van der Waals surface area contributed by atoms with Crippen LogP contribution in [0.25, 0.3) is 0 Å². The third-order valence-electron chi connectivity index (χ3n) is 2.90. The topological polar surface area (TPSA) is 32.6 Å². The second-order valence-electron chi connectivity index (χ2n) is 4.56. The van der Waals surface area contributed by atoms with Gasteiger partial charge < -0.3 is 5.11 Å². The normalized spacial score (nSPS) is 10.5. The van der Waals surface area contributed by atoms with E-state index in [-0.39, 0.29) is 22.5 Å². The average Bonchev–Trinajstić information content (AvgIpc) is 2.30. The molecule has 101 valence electrons. The third kappa shape index (κ3) is 3.69. The summed E-state index contributed by atoms with van der Waals surface area (Å²) in [6, 6.07) is 11.4. The molecule has 0 spiro atoms. The summed E-state index contributed by atoms with van der Waals surface area (Å²) in [5.74, 6) is 0.253. The number of aromatic hydroxyl groups is 1. The summed E-state index contributed by atoms with van der Waals surface area (Å²) >= 11 is 0. The first-order valence-corrected chi connectivity index (χ1v) is 5.98. The first kappa shape index (κ1) is 15.5. The molecule has 0 bridgehead atoms. The Hall–Kier alpha value is -1.58. The molecule has 0 aromatic heterocycles. The molecule has 0 unspecified atom stereocenters. The van der Waals surface area contributed by atoms with Crippen molar-refractivity contribution in [1.82, 2.24) is 0 Å². The minimum atomic E-state index is 0. The molecule has 0 aliphatic rings. The van der Waals surface area contributed by atoms with Gasteiger partial charge in [-0.15, -0.1) is 0 Å². The molecular formula is C16H17CoNO.